The lowest BCUT2D eigenvalue weighted by molar-refractivity contribution is -0.142. The molecule has 0 radical (unpaired) electrons. The monoisotopic (exact) mass is 388 g/mol. The summed E-state index contributed by atoms with van der Waals surface area (Å²) in [5.41, 5.74) is 0.858. The number of amides is 2. The molecule has 2 amide bonds. The molecule has 0 heterocycles. The number of nitrogens with one attached hydrogen (secondary N) is 2. The Bertz CT molecular complexity index is 635. The Kier molecular flexibility index (Phi) is 8.72. The highest BCUT2D eigenvalue weighted by Crippen LogP contribution is 2.23. The second-order valence-electron chi connectivity index (χ2n) is 6.11. The van der Waals surface area contributed by atoms with Gasteiger partial charge < -0.3 is 15.7 Å². The molecule has 0 spiro atoms. The van der Waals surface area contributed by atoms with Gasteiger partial charge in [-0.05, 0) is 36.5 Å². The lowest BCUT2D eigenvalue weighted by atomic mass is 10.0. The average Bonchev–Trinajstić information content (AvgIpc) is 2.53. The van der Waals surface area contributed by atoms with Gasteiger partial charge in [-0.1, -0.05) is 43.1 Å². The molecule has 0 aliphatic carbocycles. The van der Waals surface area contributed by atoms with Gasteiger partial charge in [0.2, 0.25) is 11.8 Å². The van der Waals surface area contributed by atoms with Crippen LogP contribution < -0.4 is 10.6 Å². The maximum atomic E-state index is 11.8. The second-order valence-corrected chi connectivity index (χ2v) is 6.93. The van der Waals surface area contributed by atoms with Crippen molar-refractivity contribution in [3.8, 4) is 0 Å². The van der Waals surface area contributed by atoms with Crippen LogP contribution in [0.3, 0.4) is 0 Å². The van der Waals surface area contributed by atoms with Crippen molar-refractivity contribution < 1.29 is 19.5 Å². The lowest BCUT2D eigenvalue weighted by Gasteiger charge is -2.16. The standard InChI is InChI=1S/C17H22Cl2N2O4/c1-10(2)7-14(17(24)25)21-16(23)9-20-15(22)6-4-11-3-5-12(18)13(19)8-11/h3,5,8,10,14H,4,6-7,9H2,1-2H3,(H,20,22)(H,21,23)(H,24,25)/t14-/m0/s1. The molecule has 0 fully saturated rings. The van der Waals surface area contributed by atoms with Crippen LogP contribution in [-0.2, 0) is 20.8 Å². The quantitative estimate of drug-likeness (QED) is 0.605. The van der Waals surface area contributed by atoms with Gasteiger partial charge in [-0.15, -0.1) is 0 Å². The van der Waals surface area contributed by atoms with Gasteiger partial charge in [0.05, 0.1) is 16.6 Å². The van der Waals surface area contributed by atoms with Crippen LogP contribution >= 0.6 is 23.2 Å². The van der Waals surface area contributed by atoms with Gasteiger partial charge >= 0.3 is 5.97 Å². The third-order valence-corrected chi connectivity index (χ3v) is 4.15. The molecular formula is C17H22Cl2N2O4. The maximum absolute atomic E-state index is 11.8. The summed E-state index contributed by atoms with van der Waals surface area (Å²) in [6, 6.07) is 4.16. The molecule has 1 aromatic carbocycles. The summed E-state index contributed by atoms with van der Waals surface area (Å²) in [5.74, 6) is -1.80. The fraction of sp³-hybridized carbons (Fsp3) is 0.471. The van der Waals surface area contributed by atoms with Crippen LogP contribution in [0.5, 0.6) is 0 Å². The van der Waals surface area contributed by atoms with Crippen molar-refractivity contribution in [1.82, 2.24) is 10.6 Å². The van der Waals surface area contributed by atoms with E-state index >= 15 is 0 Å². The van der Waals surface area contributed by atoms with Gasteiger partial charge in [-0.2, -0.15) is 0 Å². The Balaban J connectivity index is 2.38. The zero-order chi connectivity index (χ0) is 19.0. The molecule has 1 rings (SSSR count). The van der Waals surface area contributed by atoms with Crippen molar-refractivity contribution in [3.63, 3.8) is 0 Å². The summed E-state index contributed by atoms with van der Waals surface area (Å²) in [6.45, 7) is 3.47. The fourth-order valence-electron chi connectivity index (χ4n) is 2.16. The smallest absolute Gasteiger partial charge is 0.326 e. The number of hydrogen-bond acceptors (Lipinski definition) is 3. The molecule has 6 nitrogen and oxygen atoms in total. The fourth-order valence-corrected chi connectivity index (χ4v) is 2.48. The summed E-state index contributed by atoms with van der Waals surface area (Å²) in [7, 11) is 0. The highest BCUT2D eigenvalue weighted by atomic mass is 35.5. The summed E-state index contributed by atoms with van der Waals surface area (Å²) in [6.07, 6.45) is 0.960. The summed E-state index contributed by atoms with van der Waals surface area (Å²) in [5, 5.41) is 14.8. The first-order valence-electron chi connectivity index (χ1n) is 7.91. The Morgan fingerprint density at radius 3 is 2.36 bits per heavy atom. The van der Waals surface area contributed by atoms with Crippen LogP contribution in [0.4, 0.5) is 0 Å². The van der Waals surface area contributed by atoms with E-state index in [1.165, 1.54) is 0 Å². The predicted octanol–water partition coefficient (Wildman–Crippen LogP) is 2.66. The zero-order valence-corrected chi connectivity index (χ0v) is 15.7. The minimum atomic E-state index is -1.09. The highest BCUT2D eigenvalue weighted by molar-refractivity contribution is 6.42. The molecule has 0 unspecified atom stereocenters. The summed E-state index contributed by atoms with van der Waals surface area (Å²) < 4.78 is 0. The average molecular weight is 389 g/mol. The zero-order valence-electron chi connectivity index (χ0n) is 14.1. The minimum Gasteiger partial charge on any atom is -0.480 e. The largest absolute Gasteiger partial charge is 0.480 e. The lowest BCUT2D eigenvalue weighted by Crippen LogP contribution is -2.46. The van der Waals surface area contributed by atoms with E-state index in [2.05, 4.69) is 10.6 Å². The van der Waals surface area contributed by atoms with Gasteiger partial charge in [-0.3, -0.25) is 9.59 Å². The molecule has 0 bridgehead atoms. The van der Waals surface area contributed by atoms with Crippen molar-refractivity contribution in [1.29, 1.82) is 0 Å². The number of carboxylic acid groups (broad SMARTS) is 1. The first-order valence-corrected chi connectivity index (χ1v) is 8.67. The number of carbonyl (C=O) groups is 3. The topological polar surface area (TPSA) is 95.5 Å². The molecule has 0 aliphatic heterocycles. The normalized spacial score (nSPS) is 11.9. The molecule has 0 saturated heterocycles. The Morgan fingerprint density at radius 1 is 1.12 bits per heavy atom. The van der Waals surface area contributed by atoms with Crippen LogP contribution in [0, 0.1) is 5.92 Å². The van der Waals surface area contributed by atoms with E-state index in [1.807, 2.05) is 13.8 Å². The third kappa shape index (κ3) is 8.23. The first kappa shape index (κ1) is 21.3. The van der Waals surface area contributed by atoms with E-state index in [4.69, 9.17) is 28.3 Å². The van der Waals surface area contributed by atoms with Gasteiger partial charge in [-0.25, -0.2) is 4.79 Å². The van der Waals surface area contributed by atoms with Crippen LogP contribution in [0.2, 0.25) is 10.0 Å². The number of rotatable bonds is 9. The van der Waals surface area contributed by atoms with E-state index in [1.54, 1.807) is 18.2 Å². The number of carboxylic acids is 1. The molecule has 0 aromatic heterocycles. The molecule has 3 N–H and O–H groups in total. The number of aliphatic carboxylic acids is 1. The van der Waals surface area contributed by atoms with Crippen molar-refractivity contribution in [2.75, 3.05) is 6.54 Å². The molecule has 1 aromatic rings. The van der Waals surface area contributed by atoms with E-state index < -0.39 is 17.9 Å². The Hall–Kier alpha value is -1.79. The van der Waals surface area contributed by atoms with E-state index in [9.17, 15) is 14.4 Å². The molecule has 0 saturated carbocycles. The van der Waals surface area contributed by atoms with Crippen molar-refractivity contribution >= 4 is 41.0 Å². The summed E-state index contributed by atoms with van der Waals surface area (Å²) >= 11 is 11.7. The minimum absolute atomic E-state index is 0.127. The second kappa shape index (κ2) is 10.3. The van der Waals surface area contributed by atoms with Crippen LogP contribution in [-0.4, -0.2) is 35.5 Å². The maximum Gasteiger partial charge on any atom is 0.326 e. The highest BCUT2D eigenvalue weighted by Gasteiger charge is 2.21. The van der Waals surface area contributed by atoms with Gasteiger partial charge in [0.1, 0.15) is 6.04 Å². The van der Waals surface area contributed by atoms with Gasteiger partial charge in [0.25, 0.3) is 0 Å². The van der Waals surface area contributed by atoms with E-state index in [0.29, 0.717) is 22.9 Å². The number of carbonyl (C=O) groups excluding carboxylic acids is 2. The van der Waals surface area contributed by atoms with Crippen molar-refractivity contribution in [2.45, 2.75) is 39.2 Å². The number of hydrogen-bond donors (Lipinski definition) is 3. The van der Waals surface area contributed by atoms with Gasteiger partial charge in [0, 0.05) is 6.42 Å². The molecular weight excluding hydrogens is 367 g/mol. The molecule has 25 heavy (non-hydrogen) atoms. The Morgan fingerprint density at radius 2 is 1.80 bits per heavy atom. The SMILES string of the molecule is CC(C)C[C@H](NC(=O)CNC(=O)CCc1ccc(Cl)c(Cl)c1)C(=O)O. The predicted molar refractivity (Wildman–Crippen MR) is 96.8 cm³/mol. The molecule has 0 aliphatic rings. The van der Waals surface area contributed by atoms with Crippen molar-refractivity contribution in [3.05, 3.63) is 33.8 Å². The van der Waals surface area contributed by atoms with Gasteiger partial charge in [0.15, 0.2) is 0 Å². The number of benzene rings is 1. The van der Waals surface area contributed by atoms with E-state index in [0.717, 1.165) is 5.56 Å². The summed E-state index contributed by atoms with van der Waals surface area (Å²) in [4.78, 5) is 34.7. The van der Waals surface area contributed by atoms with Crippen LogP contribution in [0.15, 0.2) is 18.2 Å². The molecule has 1 atom stereocenters. The van der Waals surface area contributed by atoms with E-state index in [-0.39, 0.29) is 24.8 Å². The van der Waals surface area contributed by atoms with Crippen molar-refractivity contribution in [2.24, 2.45) is 5.92 Å². The molecule has 138 valence electrons. The molecule has 8 heteroatoms. The third-order valence-electron chi connectivity index (χ3n) is 3.41. The Labute approximate surface area is 156 Å². The first-order chi connectivity index (χ1) is 11.7. The number of halogens is 2. The number of aryl methyl sites for hydroxylation is 1. The van der Waals surface area contributed by atoms with Crippen LogP contribution in [0.25, 0.3) is 0 Å². The van der Waals surface area contributed by atoms with Crippen LogP contribution in [0.1, 0.15) is 32.3 Å².